The van der Waals surface area contributed by atoms with E-state index in [-0.39, 0.29) is 30.0 Å². The van der Waals surface area contributed by atoms with Crippen molar-refractivity contribution in [2.45, 2.75) is 24.9 Å². The lowest BCUT2D eigenvalue weighted by Gasteiger charge is -2.25. The summed E-state index contributed by atoms with van der Waals surface area (Å²) in [6.45, 7) is 0.0933. The number of methoxy groups -OCH3 is 1. The molecule has 0 bridgehead atoms. The summed E-state index contributed by atoms with van der Waals surface area (Å²) >= 11 is 7.34. The molecule has 1 aromatic carbocycles. The molecule has 3 unspecified atom stereocenters. The second kappa shape index (κ2) is 10.2. The van der Waals surface area contributed by atoms with E-state index < -0.39 is 35.9 Å². The molecule has 37 heavy (non-hydrogen) atoms. The summed E-state index contributed by atoms with van der Waals surface area (Å²) in [7, 11) is 1.22. The molecule has 192 valence electrons. The number of benzene rings is 1. The number of allylic oxidation sites excluding steroid dienone is 1. The summed E-state index contributed by atoms with van der Waals surface area (Å²) in [5.41, 5.74) is 0.600. The van der Waals surface area contributed by atoms with Crippen LogP contribution in [-0.4, -0.2) is 59.7 Å². The van der Waals surface area contributed by atoms with Crippen LogP contribution in [0.25, 0.3) is 0 Å². The molecule has 3 aliphatic rings. The van der Waals surface area contributed by atoms with Gasteiger partial charge in [-0.25, -0.2) is 19.5 Å². The first kappa shape index (κ1) is 24.8. The summed E-state index contributed by atoms with van der Waals surface area (Å²) in [5.74, 6) is -1.12. The Hall–Kier alpha value is -3.90. The van der Waals surface area contributed by atoms with Crippen molar-refractivity contribution in [2.75, 3.05) is 19.2 Å². The molecule has 1 aliphatic carbocycles. The molecular weight excluding hydrogens is 524 g/mol. The molecule has 2 saturated heterocycles. The zero-order valence-corrected chi connectivity index (χ0v) is 21.0. The fourth-order valence-corrected chi connectivity index (χ4v) is 5.21. The van der Waals surface area contributed by atoms with Crippen molar-refractivity contribution >= 4 is 51.9 Å². The number of carbonyl (C=O) groups is 4. The maximum absolute atomic E-state index is 13.5. The largest absolute Gasteiger partial charge is 0.464 e. The number of hydrogen-bond acceptors (Lipinski definition) is 9. The minimum atomic E-state index is -1.24. The Labute approximate surface area is 220 Å². The quantitative estimate of drug-likeness (QED) is 0.401. The number of thiazole rings is 1. The fourth-order valence-electron chi connectivity index (χ4n) is 4.32. The first-order chi connectivity index (χ1) is 17.9. The van der Waals surface area contributed by atoms with Gasteiger partial charge in [0.1, 0.15) is 12.1 Å². The average molecular weight is 545 g/mol. The zero-order valence-electron chi connectivity index (χ0n) is 19.4. The van der Waals surface area contributed by atoms with E-state index in [1.54, 1.807) is 30.3 Å². The molecule has 0 spiro atoms. The number of rotatable bonds is 7. The highest BCUT2D eigenvalue weighted by Crippen LogP contribution is 2.33. The average Bonchev–Trinajstić information content (AvgIpc) is 3.62. The van der Waals surface area contributed by atoms with Gasteiger partial charge in [-0.1, -0.05) is 29.8 Å². The molecule has 2 aliphatic heterocycles. The van der Waals surface area contributed by atoms with Crippen molar-refractivity contribution < 1.29 is 33.4 Å². The smallest absolute Gasteiger partial charge is 0.357 e. The van der Waals surface area contributed by atoms with E-state index in [1.807, 2.05) is 6.08 Å². The van der Waals surface area contributed by atoms with Crippen molar-refractivity contribution in [3.8, 4) is 0 Å². The summed E-state index contributed by atoms with van der Waals surface area (Å²) in [6.07, 6.45) is 3.98. The van der Waals surface area contributed by atoms with Crippen LogP contribution in [0.1, 0.15) is 22.5 Å². The van der Waals surface area contributed by atoms with Crippen molar-refractivity contribution in [2.24, 2.45) is 5.92 Å². The van der Waals surface area contributed by atoms with Gasteiger partial charge in [0.15, 0.2) is 22.3 Å². The van der Waals surface area contributed by atoms with Gasteiger partial charge in [-0.05, 0) is 30.2 Å². The lowest BCUT2D eigenvalue weighted by Crippen LogP contribution is -2.49. The Kier molecular flexibility index (Phi) is 6.85. The summed E-state index contributed by atoms with van der Waals surface area (Å²) in [6, 6.07) is 4.02. The summed E-state index contributed by atoms with van der Waals surface area (Å²) < 4.78 is 15.4. The number of esters is 1. The number of aromatic nitrogens is 1. The van der Waals surface area contributed by atoms with Crippen LogP contribution in [-0.2, 0) is 30.2 Å². The van der Waals surface area contributed by atoms with Gasteiger partial charge in [-0.15, -0.1) is 11.3 Å². The highest BCUT2D eigenvalue weighted by atomic mass is 35.5. The van der Waals surface area contributed by atoms with E-state index in [0.29, 0.717) is 28.5 Å². The van der Waals surface area contributed by atoms with Gasteiger partial charge in [-0.3, -0.25) is 9.59 Å². The van der Waals surface area contributed by atoms with Crippen LogP contribution < -0.4 is 10.6 Å². The zero-order chi connectivity index (χ0) is 26.1. The monoisotopic (exact) mass is 544 g/mol. The molecule has 0 radical (unpaired) electrons. The van der Waals surface area contributed by atoms with E-state index in [0.717, 1.165) is 16.2 Å². The number of hydrogen-bond donors (Lipinski definition) is 2. The maximum Gasteiger partial charge on any atom is 0.357 e. The molecule has 5 rings (SSSR count). The number of urea groups is 1. The number of nitrogens with zero attached hydrogens (tertiary/aromatic N) is 2. The Morgan fingerprint density at radius 1 is 1.30 bits per heavy atom. The van der Waals surface area contributed by atoms with E-state index in [1.165, 1.54) is 12.5 Å². The molecule has 3 atom stereocenters. The van der Waals surface area contributed by atoms with Gasteiger partial charge in [0.2, 0.25) is 12.7 Å². The first-order valence-electron chi connectivity index (χ1n) is 11.3. The third kappa shape index (κ3) is 4.89. The molecule has 0 saturated carbocycles. The molecule has 4 amide bonds. The van der Waals surface area contributed by atoms with Crippen molar-refractivity contribution in [1.29, 1.82) is 0 Å². The molecule has 2 fully saturated rings. The van der Waals surface area contributed by atoms with Crippen LogP contribution in [0, 0.1) is 5.92 Å². The summed E-state index contributed by atoms with van der Waals surface area (Å²) in [4.78, 5) is 56.8. The molecule has 1 aromatic heterocycles. The van der Waals surface area contributed by atoms with Crippen LogP contribution in [0.5, 0.6) is 0 Å². The molecule has 13 heteroatoms. The molecule has 11 nitrogen and oxygen atoms in total. The van der Waals surface area contributed by atoms with Gasteiger partial charge < -0.3 is 24.8 Å². The predicted octanol–water partition coefficient (Wildman–Crippen LogP) is 2.85. The topological polar surface area (TPSA) is 136 Å². The highest BCUT2D eigenvalue weighted by molar-refractivity contribution is 7.14. The molecule has 3 heterocycles. The Bertz CT molecular complexity index is 1340. The second-order valence-electron chi connectivity index (χ2n) is 8.37. The van der Waals surface area contributed by atoms with E-state index >= 15 is 0 Å². The number of halogens is 1. The van der Waals surface area contributed by atoms with Crippen LogP contribution in [0.15, 0.2) is 53.3 Å². The number of imide groups is 1. The molecule has 2 aromatic rings. The minimum Gasteiger partial charge on any atom is -0.464 e. The van der Waals surface area contributed by atoms with Gasteiger partial charge in [0.25, 0.3) is 5.91 Å². The van der Waals surface area contributed by atoms with Gasteiger partial charge >= 0.3 is 12.0 Å². The SMILES string of the molecule is COC(=O)c1csc(NC(=O)C(Cc2ccccc2Cl)N2C(=O)NC(C3C=C4OCOC4=CC3)C2=O)n1. The Morgan fingerprint density at radius 3 is 2.86 bits per heavy atom. The minimum absolute atomic E-state index is 0.0244. The van der Waals surface area contributed by atoms with Crippen LogP contribution in [0.2, 0.25) is 5.02 Å². The van der Waals surface area contributed by atoms with Gasteiger partial charge in [0, 0.05) is 22.7 Å². The van der Waals surface area contributed by atoms with E-state index in [2.05, 4.69) is 20.4 Å². The number of amides is 4. The second-order valence-corrected chi connectivity index (χ2v) is 9.64. The van der Waals surface area contributed by atoms with Crippen LogP contribution in [0.3, 0.4) is 0 Å². The number of ether oxygens (including phenoxy) is 3. The van der Waals surface area contributed by atoms with Crippen LogP contribution >= 0.6 is 22.9 Å². The Balaban J connectivity index is 1.41. The third-order valence-electron chi connectivity index (χ3n) is 6.16. The van der Waals surface area contributed by atoms with E-state index in [4.69, 9.17) is 21.1 Å². The Morgan fingerprint density at radius 2 is 2.08 bits per heavy atom. The number of nitrogens with one attached hydrogen (secondary N) is 2. The standard InChI is InChI=1S/C24H21ClN4O7S/c1-34-22(32)15-10-37-23(26-15)28-20(30)16(8-12-4-2-3-5-14(12)25)29-21(31)19(27-24(29)33)13-6-7-17-18(9-13)36-11-35-17/h2-5,7,9-10,13,16,19H,6,8,11H2,1H3,(H,27,33)(H,26,28,30). The third-order valence-corrected chi connectivity index (χ3v) is 7.28. The lowest BCUT2D eigenvalue weighted by molar-refractivity contribution is -0.134. The fraction of sp³-hybridized carbons (Fsp3) is 0.292. The number of anilines is 1. The molecular formula is C24H21ClN4O7S. The lowest BCUT2D eigenvalue weighted by atomic mass is 9.91. The maximum atomic E-state index is 13.5. The highest BCUT2D eigenvalue weighted by Gasteiger charge is 2.48. The van der Waals surface area contributed by atoms with Crippen LogP contribution in [0.4, 0.5) is 9.93 Å². The summed E-state index contributed by atoms with van der Waals surface area (Å²) in [5, 5.41) is 7.26. The normalized spacial score (nSPS) is 21.2. The predicted molar refractivity (Wildman–Crippen MR) is 132 cm³/mol. The number of fused-ring (bicyclic) bond motifs is 1. The number of carbonyl (C=O) groups excluding carboxylic acids is 4. The van der Waals surface area contributed by atoms with Gasteiger partial charge in [0.05, 0.1) is 7.11 Å². The van der Waals surface area contributed by atoms with Crippen molar-refractivity contribution in [3.63, 3.8) is 0 Å². The van der Waals surface area contributed by atoms with Crippen molar-refractivity contribution in [1.82, 2.24) is 15.2 Å². The van der Waals surface area contributed by atoms with E-state index in [9.17, 15) is 19.2 Å². The first-order valence-corrected chi connectivity index (χ1v) is 12.5. The van der Waals surface area contributed by atoms with Crippen molar-refractivity contribution in [3.05, 3.63) is 69.6 Å². The molecule has 2 N–H and O–H groups in total. The van der Waals surface area contributed by atoms with Gasteiger partial charge in [-0.2, -0.15) is 0 Å².